The quantitative estimate of drug-likeness (QED) is 0.657. The van der Waals surface area contributed by atoms with E-state index in [1.807, 2.05) is 0 Å². The first kappa shape index (κ1) is 18.3. The molecule has 0 radical (unpaired) electrons. The lowest BCUT2D eigenvalue weighted by Crippen LogP contribution is -2.48. The van der Waals surface area contributed by atoms with E-state index in [1.54, 1.807) is 0 Å². The summed E-state index contributed by atoms with van der Waals surface area (Å²) in [5.41, 5.74) is 5.91. The molecule has 3 amide bonds. The monoisotopic (exact) mass is 364 g/mol. The summed E-state index contributed by atoms with van der Waals surface area (Å²) in [6.45, 7) is 0.455. The lowest BCUT2D eigenvalue weighted by atomic mass is 10.2. The molecule has 1 aliphatic heterocycles. The first-order chi connectivity index (χ1) is 12.5. The van der Waals surface area contributed by atoms with Crippen molar-refractivity contribution in [1.29, 1.82) is 0 Å². The minimum atomic E-state index is -0.883. The molecule has 0 aromatic heterocycles. The molecule has 1 atom stereocenters. The van der Waals surface area contributed by atoms with Crippen molar-refractivity contribution in [2.24, 2.45) is 11.7 Å². The highest BCUT2D eigenvalue weighted by Gasteiger charge is 2.32. The smallest absolute Gasteiger partial charge is 0.253 e. The first-order valence-electron chi connectivity index (χ1n) is 8.48. The Labute approximate surface area is 149 Å². The highest BCUT2D eigenvalue weighted by Crippen LogP contribution is 2.29. The second-order valence-corrected chi connectivity index (χ2v) is 6.32. The van der Waals surface area contributed by atoms with Crippen LogP contribution in [0.15, 0.2) is 18.2 Å². The van der Waals surface area contributed by atoms with E-state index >= 15 is 0 Å². The molecule has 1 saturated heterocycles. The molecule has 140 valence electrons. The van der Waals surface area contributed by atoms with E-state index in [2.05, 4.69) is 10.6 Å². The molecule has 8 nitrogen and oxygen atoms in total. The van der Waals surface area contributed by atoms with E-state index in [0.29, 0.717) is 6.61 Å². The van der Waals surface area contributed by atoms with E-state index < -0.39 is 17.8 Å². The van der Waals surface area contributed by atoms with E-state index in [-0.39, 0.29) is 48.8 Å². The summed E-state index contributed by atoms with van der Waals surface area (Å²) in [7, 11) is 0. The molecule has 4 N–H and O–H groups in total. The zero-order valence-corrected chi connectivity index (χ0v) is 14.2. The standard InChI is InChI=1S/C17H21FN4O4/c18-12-7-11(3-4-14(12)22-5-6-26-9-15(22)23)20-17(25)13(8-19)21-16(24)10-1-2-10/h3-4,7,10,13H,1-2,5-6,8-9,19H2,(H,20,25)(H,21,24)/t13-/m0/s1. The van der Waals surface area contributed by atoms with Crippen molar-refractivity contribution in [3.8, 4) is 0 Å². The predicted octanol–water partition coefficient (Wildman–Crippen LogP) is -0.0191. The number of rotatable bonds is 6. The predicted molar refractivity (Wildman–Crippen MR) is 91.9 cm³/mol. The molecule has 26 heavy (non-hydrogen) atoms. The van der Waals surface area contributed by atoms with Gasteiger partial charge in [-0.15, -0.1) is 0 Å². The molecule has 2 aliphatic rings. The molecular formula is C17H21FN4O4. The largest absolute Gasteiger partial charge is 0.370 e. The fourth-order valence-electron chi connectivity index (χ4n) is 2.67. The summed E-state index contributed by atoms with van der Waals surface area (Å²) in [6, 6.07) is 3.17. The third kappa shape index (κ3) is 4.17. The topological polar surface area (TPSA) is 114 Å². The van der Waals surface area contributed by atoms with Crippen LogP contribution in [0, 0.1) is 11.7 Å². The number of nitrogens with two attached hydrogens (primary N) is 1. The van der Waals surface area contributed by atoms with Crippen LogP contribution in [0.4, 0.5) is 15.8 Å². The fourth-order valence-corrected chi connectivity index (χ4v) is 2.67. The molecule has 0 bridgehead atoms. The summed E-state index contributed by atoms with van der Waals surface area (Å²) in [5.74, 6) is -1.71. The van der Waals surface area contributed by atoms with Gasteiger partial charge in [-0.25, -0.2) is 4.39 Å². The number of ether oxygens (including phenoxy) is 1. The Morgan fingerprint density at radius 1 is 1.38 bits per heavy atom. The Kier molecular flexibility index (Phi) is 5.48. The molecule has 3 rings (SSSR count). The molecule has 1 heterocycles. The van der Waals surface area contributed by atoms with E-state index in [4.69, 9.17) is 10.5 Å². The Bertz CT molecular complexity index is 723. The first-order valence-corrected chi connectivity index (χ1v) is 8.48. The van der Waals surface area contributed by atoms with Crippen LogP contribution in [0.5, 0.6) is 0 Å². The lowest BCUT2D eigenvalue weighted by Gasteiger charge is -2.27. The van der Waals surface area contributed by atoms with Crippen LogP contribution >= 0.6 is 0 Å². The highest BCUT2D eigenvalue weighted by atomic mass is 19.1. The Balaban J connectivity index is 1.65. The molecule has 0 unspecified atom stereocenters. The van der Waals surface area contributed by atoms with Gasteiger partial charge >= 0.3 is 0 Å². The maximum absolute atomic E-state index is 14.4. The number of halogens is 1. The van der Waals surface area contributed by atoms with Gasteiger partial charge in [0.1, 0.15) is 18.5 Å². The van der Waals surface area contributed by atoms with Gasteiger partial charge < -0.3 is 26.0 Å². The molecule has 9 heteroatoms. The zero-order chi connectivity index (χ0) is 18.7. The highest BCUT2D eigenvalue weighted by molar-refractivity contribution is 5.99. The molecule has 1 aromatic rings. The minimum Gasteiger partial charge on any atom is -0.370 e. The van der Waals surface area contributed by atoms with Crippen molar-refractivity contribution in [2.45, 2.75) is 18.9 Å². The molecule has 0 spiro atoms. The number of carbonyl (C=O) groups excluding carboxylic acids is 3. The second-order valence-electron chi connectivity index (χ2n) is 6.32. The number of morpholine rings is 1. The Morgan fingerprint density at radius 2 is 2.15 bits per heavy atom. The number of carbonyl (C=O) groups is 3. The number of amides is 3. The second kappa shape index (κ2) is 7.79. The van der Waals surface area contributed by atoms with Crippen LogP contribution < -0.4 is 21.3 Å². The van der Waals surface area contributed by atoms with Gasteiger partial charge in [0, 0.05) is 24.7 Å². The zero-order valence-electron chi connectivity index (χ0n) is 14.2. The lowest BCUT2D eigenvalue weighted by molar-refractivity contribution is -0.127. The number of nitrogens with zero attached hydrogens (tertiary/aromatic N) is 1. The minimum absolute atomic E-state index is 0.0420. The van der Waals surface area contributed by atoms with E-state index in [9.17, 15) is 18.8 Å². The van der Waals surface area contributed by atoms with Crippen LogP contribution in [-0.4, -0.2) is 50.1 Å². The van der Waals surface area contributed by atoms with E-state index in [0.717, 1.165) is 18.9 Å². The van der Waals surface area contributed by atoms with Crippen molar-refractivity contribution < 1.29 is 23.5 Å². The van der Waals surface area contributed by atoms with Crippen LogP contribution in [0.1, 0.15) is 12.8 Å². The average Bonchev–Trinajstić information content (AvgIpc) is 3.45. The summed E-state index contributed by atoms with van der Waals surface area (Å²) < 4.78 is 19.4. The maximum Gasteiger partial charge on any atom is 0.253 e. The third-order valence-corrected chi connectivity index (χ3v) is 4.31. The maximum atomic E-state index is 14.4. The van der Waals surface area contributed by atoms with E-state index in [1.165, 1.54) is 17.0 Å². The average molecular weight is 364 g/mol. The van der Waals surface area contributed by atoms with Gasteiger partial charge in [0.05, 0.1) is 12.3 Å². The van der Waals surface area contributed by atoms with Gasteiger partial charge in [0.25, 0.3) is 5.91 Å². The fraction of sp³-hybridized carbons (Fsp3) is 0.471. The van der Waals surface area contributed by atoms with Crippen LogP contribution in [0.3, 0.4) is 0 Å². The van der Waals surface area contributed by atoms with Crippen molar-refractivity contribution in [3.05, 3.63) is 24.0 Å². The third-order valence-electron chi connectivity index (χ3n) is 4.31. The Hall–Kier alpha value is -2.52. The summed E-state index contributed by atoms with van der Waals surface area (Å²) >= 11 is 0. The van der Waals surface area contributed by atoms with Crippen LogP contribution in [0.2, 0.25) is 0 Å². The van der Waals surface area contributed by atoms with Crippen molar-refractivity contribution in [2.75, 3.05) is 36.5 Å². The van der Waals surface area contributed by atoms with Gasteiger partial charge in [-0.05, 0) is 31.0 Å². The van der Waals surface area contributed by atoms with Gasteiger partial charge in [0.2, 0.25) is 11.8 Å². The molecule has 1 saturated carbocycles. The van der Waals surface area contributed by atoms with Crippen LogP contribution in [0.25, 0.3) is 0 Å². The normalized spacial score (nSPS) is 18.4. The van der Waals surface area contributed by atoms with Gasteiger partial charge in [-0.3, -0.25) is 14.4 Å². The number of nitrogens with one attached hydrogen (secondary N) is 2. The van der Waals surface area contributed by atoms with Gasteiger partial charge in [-0.2, -0.15) is 0 Å². The number of hydrogen-bond donors (Lipinski definition) is 3. The number of hydrogen-bond acceptors (Lipinski definition) is 5. The number of benzene rings is 1. The van der Waals surface area contributed by atoms with Gasteiger partial charge in [-0.1, -0.05) is 0 Å². The Morgan fingerprint density at radius 3 is 2.77 bits per heavy atom. The van der Waals surface area contributed by atoms with Crippen molar-refractivity contribution >= 4 is 29.1 Å². The SMILES string of the molecule is NC[C@H](NC(=O)C1CC1)C(=O)Nc1ccc(N2CCOCC2=O)c(F)c1. The van der Waals surface area contributed by atoms with Gasteiger partial charge in [0.15, 0.2) is 0 Å². The molecule has 1 aromatic carbocycles. The summed E-state index contributed by atoms with van der Waals surface area (Å²) in [4.78, 5) is 37.2. The molecule has 2 fully saturated rings. The van der Waals surface area contributed by atoms with Crippen molar-refractivity contribution in [1.82, 2.24) is 5.32 Å². The van der Waals surface area contributed by atoms with Crippen molar-refractivity contribution in [3.63, 3.8) is 0 Å². The molecule has 1 aliphatic carbocycles. The number of anilines is 2. The summed E-state index contributed by atoms with van der Waals surface area (Å²) in [5, 5.41) is 5.13. The summed E-state index contributed by atoms with van der Waals surface area (Å²) in [6.07, 6.45) is 1.63. The molecular weight excluding hydrogens is 343 g/mol. The van der Waals surface area contributed by atoms with Crippen LogP contribution in [-0.2, 0) is 19.1 Å².